The molecule has 0 saturated carbocycles. The minimum Gasteiger partial charge on any atom is -0.507 e. The third-order valence-corrected chi connectivity index (χ3v) is 6.88. The van der Waals surface area contributed by atoms with Crippen molar-refractivity contribution in [3.05, 3.63) is 76.4 Å². The van der Waals surface area contributed by atoms with Gasteiger partial charge in [0, 0.05) is 42.2 Å². The van der Waals surface area contributed by atoms with E-state index in [1.54, 1.807) is 35.2 Å². The highest BCUT2D eigenvalue weighted by Crippen LogP contribution is 2.41. The maximum absolute atomic E-state index is 13.0. The zero-order valence-corrected chi connectivity index (χ0v) is 18.4. The van der Waals surface area contributed by atoms with E-state index in [0.717, 1.165) is 18.0 Å². The highest BCUT2D eigenvalue weighted by Gasteiger charge is 2.26. The fraction of sp³-hybridized carbons (Fsp3) is 0.200. The molecule has 162 valence electrons. The van der Waals surface area contributed by atoms with Crippen LogP contribution in [0.2, 0.25) is 0 Å². The number of nitrogens with zero attached hydrogens (tertiary/aromatic N) is 2. The molecule has 7 heteroatoms. The number of fused-ring (bicyclic) bond motifs is 1. The number of likely N-dealkylation sites (N-methyl/N-ethyl adjacent to an activating group) is 1. The molecular formula is C25H22N2O4S. The second-order valence-corrected chi connectivity index (χ2v) is 9.05. The van der Waals surface area contributed by atoms with Crippen LogP contribution in [0.4, 0.5) is 0 Å². The molecule has 0 atom stereocenters. The molecule has 0 spiro atoms. The first-order valence-electron chi connectivity index (χ1n) is 10.4. The number of rotatable bonds is 3. The van der Waals surface area contributed by atoms with E-state index in [1.165, 1.54) is 17.8 Å². The van der Waals surface area contributed by atoms with Crippen LogP contribution in [0.1, 0.15) is 26.5 Å². The van der Waals surface area contributed by atoms with Crippen molar-refractivity contribution in [1.29, 1.82) is 0 Å². The molecule has 3 heterocycles. The predicted molar refractivity (Wildman–Crippen MR) is 124 cm³/mol. The molecule has 32 heavy (non-hydrogen) atoms. The second kappa shape index (κ2) is 8.33. The third kappa shape index (κ3) is 3.85. The van der Waals surface area contributed by atoms with Gasteiger partial charge in [-0.1, -0.05) is 23.9 Å². The average molecular weight is 447 g/mol. The lowest BCUT2D eigenvalue weighted by atomic mass is 10.1. The van der Waals surface area contributed by atoms with Gasteiger partial charge in [-0.05, 0) is 55.6 Å². The van der Waals surface area contributed by atoms with Crippen molar-refractivity contribution in [2.24, 2.45) is 0 Å². The fourth-order valence-electron chi connectivity index (χ4n) is 3.89. The first-order chi connectivity index (χ1) is 15.5. The Balaban J connectivity index is 1.38. The van der Waals surface area contributed by atoms with Gasteiger partial charge in [-0.25, -0.2) is 0 Å². The summed E-state index contributed by atoms with van der Waals surface area (Å²) >= 11 is 1.43. The Morgan fingerprint density at radius 3 is 2.62 bits per heavy atom. The van der Waals surface area contributed by atoms with Crippen LogP contribution >= 0.6 is 11.8 Å². The van der Waals surface area contributed by atoms with Crippen LogP contribution in [-0.4, -0.2) is 59.8 Å². The Labute approximate surface area is 190 Å². The van der Waals surface area contributed by atoms with Crippen LogP contribution in [-0.2, 0) is 0 Å². The molecule has 2 aliphatic heterocycles. The highest BCUT2D eigenvalue weighted by atomic mass is 32.2. The van der Waals surface area contributed by atoms with Crippen LogP contribution in [0.3, 0.4) is 0 Å². The van der Waals surface area contributed by atoms with Gasteiger partial charge in [-0.15, -0.1) is 0 Å². The molecule has 1 N–H and O–H groups in total. The molecular weight excluding hydrogens is 424 g/mol. The molecule has 1 aromatic heterocycles. The maximum Gasteiger partial charge on any atom is 0.257 e. The largest absolute Gasteiger partial charge is 0.507 e. The molecule has 1 fully saturated rings. The number of thioether (sulfide) groups is 1. The summed E-state index contributed by atoms with van der Waals surface area (Å²) in [7, 11) is 2.03. The van der Waals surface area contributed by atoms with E-state index >= 15 is 0 Å². The number of furan rings is 1. The van der Waals surface area contributed by atoms with Gasteiger partial charge in [-0.3, -0.25) is 9.59 Å². The zero-order chi connectivity index (χ0) is 22.2. The molecule has 2 aliphatic rings. The fourth-order valence-corrected chi connectivity index (χ4v) is 4.92. The number of piperazine rings is 1. The average Bonchev–Trinajstić information content (AvgIpc) is 3.39. The number of allylic oxidation sites excluding steroid dienone is 1. The predicted octanol–water partition coefficient (Wildman–Crippen LogP) is 4.37. The summed E-state index contributed by atoms with van der Waals surface area (Å²) in [6, 6.07) is 16.0. The number of carbonyl (C=O) groups excluding carboxylic acids is 2. The number of hydrogen-bond acceptors (Lipinski definition) is 6. The van der Waals surface area contributed by atoms with E-state index in [4.69, 9.17) is 4.42 Å². The molecule has 5 rings (SSSR count). The minimum absolute atomic E-state index is 0.00626. The summed E-state index contributed by atoms with van der Waals surface area (Å²) in [5.41, 5.74) is 1.67. The molecule has 0 unspecified atom stereocenters. The van der Waals surface area contributed by atoms with Crippen molar-refractivity contribution in [3.8, 4) is 17.1 Å². The minimum atomic E-state index is -0.183. The number of aromatic hydroxyl groups is 1. The van der Waals surface area contributed by atoms with Crippen molar-refractivity contribution in [3.63, 3.8) is 0 Å². The molecule has 0 radical (unpaired) electrons. The van der Waals surface area contributed by atoms with Gasteiger partial charge in [0.2, 0.25) is 5.78 Å². The van der Waals surface area contributed by atoms with Crippen molar-refractivity contribution < 1.29 is 19.1 Å². The normalized spacial score (nSPS) is 17.7. The van der Waals surface area contributed by atoms with Gasteiger partial charge in [-0.2, -0.15) is 0 Å². The van der Waals surface area contributed by atoms with Crippen LogP contribution in [0, 0.1) is 0 Å². The van der Waals surface area contributed by atoms with Gasteiger partial charge < -0.3 is 19.3 Å². The molecule has 2 aromatic carbocycles. The van der Waals surface area contributed by atoms with Gasteiger partial charge in [0.25, 0.3) is 5.91 Å². The second-order valence-electron chi connectivity index (χ2n) is 7.97. The highest BCUT2D eigenvalue weighted by molar-refractivity contribution is 8.04. The Kier molecular flexibility index (Phi) is 5.36. The maximum atomic E-state index is 13.0. The van der Waals surface area contributed by atoms with Crippen LogP contribution in [0.5, 0.6) is 5.75 Å². The first-order valence-corrected chi connectivity index (χ1v) is 11.3. The zero-order valence-electron chi connectivity index (χ0n) is 17.6. The summed E-state index contributed by atoms with van der Waals surface area (Å²) in [5, 5.41) is 10.3. The number of carbonyl (C=O) groups is 2. The van der Waals surface area contributed by atoms with E-state index in [-0.39, 0.29) is 23.0 Å². The SMILES string of the molecule is CN1CCN(C(=O)c2cc(-c3ccc(/C=C4\Sc5ccccc5C4=O)o3)ccc2O)CC1. The quantitative estimate of drug-likeness (QED) is 0.603. The van der Waals surface area contributed by atoms with Gasteiger partial charge >= 0.3 is 0 Å². The lowest BCUT2D eigenvalue weighted by Crippen LogP contribution is -2.47. The van der Waals surface area contributed by atoms with Crippen molar-refractivity contribution >= 4 is 29.5 Å². The van der Waals surface area contributed by atoms with E-state index < -0.39 is 0 Å². The molecule has 0 bridgehead atoms. The summed E-state index contributed by atoms with van der Waals surface area (Å²) < 4.78 is 5.96. The molecule has 6 nitrogen and oxygen atoms in total. The first kappa shape index (κ1) is 20.6. The van der Waals surface area contributed by atoms with Gasteiger partial charge in [0.05, 0.1) is 10.5 Å². The Morgan fingerprint density at radius 2 is 1.84 bits per heavy atom. The molecule has 0 aliphatic carbocycles. The summed E-state index contributed by atoms with van der Waals surface area (Å²) in [5.74, 6) is 0.892. The molecule has 1 amide bonds. The lowest BCUT2D eigenvalue weighted by Gasteiger charge is -2.32. The van der Waals surface area contributed by atoms with Crippen molar-refractivity contribution in [2.45, 2.75) is 4.90 Å². The van der Waals surface area contributed by atoms with Crippen molar-refractivity contribution in [2.75, 3.05) is 33.2 Å². The van der Waals surface area contributed by atoms with Crippen LogP contribution < -0.4 is 0 Å². The number of hydrogen-bond donors (Lipinski definition) is 1. The third-order valence-electron chi connectivity index (χ3n) is 5.78. The Morgan fingerprint density at radius 1 is 1.06 bits per heavy atom. The lowest BCUT2D eigenvalue weighted by molar-refractivity contribution is 0.0661. The van der Waals surface area contributed by atoms with E-state index in [9.17, 15) is 14.7 Å². The van der Waals surface area contributed by atoms with E-state index in [1.807, 2.05) is 31.3 Å². The number of phenolic OH excluding ortho intramolecular Hbond substituents is 1. The summed E-state index contributed by atoms with van der Waals surface area (Å²) in [4.78, 5) is 31.1. The number of benzene rings is 2. The van der Waals surface area contributed by atoms with E-state index in [0.29, 0.717) is 40.6 Å². The Hall–Kier alpha value is -3.29. The van der Waals surface area contributed by atoms with Gasteiger partial charge in [0.15, 0.2) is 0 Å². The topological polar surface area (TPSA) is 74.0 Å². The smallest absolute Gasteiger partial charge is 0.257 e. The summed E-state index contributed by atoms with van der Waals surface area (Å²) in [6.45, 7) is 2.88. The Bertz CT molecular complexity index is 1240. The summed E-state index contributed by atoms with van der Waals surface area (Å²) in [6.07, 6.45) is 1.74. The van der Waals surface area contributed by atoms with Gasteiger partial charge in [0.1, 0.15) is 17.3 Å². The van der Waals surface area contributed by atoms with Crippen LogP contribution in [0.15, 0.2) is 68.8 Å². The monoisotopic (exact) mass is 446 g/mol. The van der Waals surface area contributed by atoms with E-state index in [2.05, 4.69) is 4.90 Å². The number of amides is 1. The number of phenols is 1. The molecule has 3 aromatic rings. The number of Topliss-reactive ketones (excluding diaryl/α,β-unsaturated/α-hetero) is 1. The van der Waals surface area contributed by atoms with Crippen molar-refractivity contribution in [1.82, 2.24) is 9.80 Å². The van der Waals surface area contributed by atoms with Crippen LogP contribution in [0.25, 0.3) is 17.4 Å². The molecule has 1 saturated heterocycles. The number of ketones is 1. The standard InChI is InChI=1S/C25H22N2O4S/c1-26-10-12-27(13-11-26)25(30)19-14-16(6-8-20(19)28)21-9-7-17(31-21)15-23-24(29)18-4-2-3-5-22(18)32-23/h2-9,14-15,28H,10-13H2,1H3/b23-15-.